The van der Waals surface area contributed by atoms with E-state index in [1.165, 1.54) is 0 Å². The number of fused-ring (bicyclic) bond motifs is 2. The first-order valence-electron chi connectivity index (χ1n) is 12.3. The number of hydrogen-bond donors (Lipinski definition) is 1. The molecule has 4 amide bonds. The topological polar surface area (TPSA) is 100 Å². The zero-order valence-corrected chi connectivity index (χ0v) is 19.7. The monoisotopic (exact) mass is 472 g/mol. The van der Waals surface area contributed by atoms with Gasteiger partial charge in [0, 0.05) is 32.0 Å². The van der Waals surface area contributed by atoms with Gasteiger partial charge in [-0.05, 0) is 48.6 Å². The van der Waals surface area contributed by atoms with Gasteiger partial charge in [-0.2, -0.15) is 0 Å². The van der Waals surface area contributed by atoms with E-state index in [2.05, 4.69) is 20.1 Å². The molecule has 2 unspecified atom stereocenters. The number of aromatic nitrogens is 3. The molecule has 3 aromatic rings. The van der Waals surface area contributed by atoms with Crippen LogP contribution >= 0.6 is 0 Å². The molecule has 2 atom stereocenters. The van der Waals surface area contributed by atoms with Crippen molar-refractivity contribution in [1.29, 1.82) is 0 Å². The lowest BCUT2D eigenvalue weighted by Crippen LogP contribution is -2.47. The molecule has 0 radical (unpaired) electrons. The summed E-state index contributed by atoms with van der Waals surface area (Å²) >= 11 is 0. The van der Waals surface area contributed by atoms with E-state index in [-0.39, 0.29) is 18.4 Å². The Morgan fingerprint density at radius 2 is 1.91 bits per heavy atom. The molecule has 3 aliphatic rings. The smallest absolute Gasteiger partial charge is 0.325 e. The number of nitrogens with zero attached hydrogens (tertiary/aromatic N) is 5. The molecule has 6 rings (SSSR count). The molecular formula is C26H28N6O3. The summed E-state index contributed by atoms with van der Waals surface area (Å²) in [5.74, 6) is 1.47. The lowest BCUT2D eigenvalue weighted by molar-refractivity contribution is -0.139. The number of nitrogens with one attached hydrogen (secondary N) is 1. The summed E-state index contributed by atoms with van der Waals surface area (Å²) < 4.78 is 2.19. The number of piperidine rings is 1. The maximum Gasteiger partial charge on any atom is 0.325 e. The average Bonchev–Trinajstić information content (AvgIpc) is 3.55. The highest BCUT2D eigenvalue weighted by Gasteiger charge is 2.50. The number of benzene rings is 2. The fraction of sp³-hybridized carbons (Fsp3) is 0.423. The maximum atomic E-state index is 13.4. The summed E-state index contributed by atoms with van der Waals surface area (Å²) in [5, 5.41) is 13.6. The Hall–Kier alpha value is -3.75. The molecule has 0 spiro atoms. The number of urea groups is 1. The van der Waals surface area contributed by atoms with E-state index in [0.29, 0.717) is 18.7 Å². The molecule has 4 heterocycles. The van der Waals surface area contributed by atoms with E-state index < -0.39 is 17.5 Å². The molecule has 0 saturated carbocycles. The van der Waals surface area contributed by atoms with Crippen molar-refractivity contribution in [2.75, 3.05) is 19.6 Å². The van der Waals surface area contributed by atoms with Crippen LogP contribution < -0.4 is 5.32 Å². The molecule has 9 heteroatoms. The van der Waals surface area contributed by atoms with Gasteiger partial charge in [0.1, 0.15) is 23.7 Å². The van der Waals surface area contributed by atoms with E-state index >= 15 is 0 Å². The molecule has 0 aliphatic carbocycles. The van der Waals surface area contributed by atoms with Gasteiger partial charge in [-0.25, -0.2) is 4.79 Å². The summed E-state index contributed by atoms with van der Waals surface area (Å²) in [7, 11) is 0. The van der Waals surface area contributed by atoms with Crippen molar-refractivity contribution in [2.45, 2.75) is 50.6 Å². The highest BCUT2D eigenvalue weighted by molar-refractivity contribution is 6.09. The van der Waals surface area contributed by atoms with Crippen LogP contribution in [0.5, 0.6) is 0 Å². The Kier molecular flexibility index (Phi) is 5.09. The van der Waals surface area contributed by atoms with E-state index in [0.717, 1.165) is 59.5 Å². The number of imide groups is 1. The van der Waals surface area contributed by atoms with Crippen LogP contribution in [0.25, 0.3) is 10.8 Å². The Morgan fingerprint density at radius 3 is 2.77 bits per heavy atom. The largest absolute Gasteiger partial charge is 0.340 e. The second-order valence-electron chi connectivity index (χ2n) is 9.92. The van der Waals surface area contributed by atoms with Crippen LogP contribution in [0, 0.1) is 0 Å². The predicted molar refractivity (Wildman–Crippen MR) is 128 cm³/mol. The van der Waals surface area contributed by atoms with Gasteiger partial charge in [0.15, 0.2) is 0 Å². The maximum absolute atomic E-state index is 13.4. The third-order valence-corrected chi connectivity index (χ3v) is 7.67. The van der Waals surface area contributed by atoms with E-state index in [9.17, 15) is 14.4 Å². The first-order valence-corrected chi connectivity index (χ1v) is 12.3. The average molecular weight is 473 g/mol. The van der Waals surface area contributed by atoms with Crippen LogP contribution in [0.4, 0.5) is 4.79 Å². The van der Waals surface area contributed by atoms with Crippen molar-refractivity contribution < 1.29 is 14.4 Å². The third kappa shape index (κ3) is 3.57. The fourth-order valence-corrected chi connectivity index (χ4v) is 5.66. The van der Waals surface area contributed by atoms with Crippen molar-refractivity contribution in [2.24, 2.45) is 0 Å². The molecule has 9 nitrogen and oxygen atoms in total. The van der Waals surface area contributed by atoms with E-state index in [4.69, 9.17) is 0 Å². The van der Waals surface area contributed by atoms with Crippen LogP contribution in [-0.2, 0) is 28.1 Å². The van der Waals surface area contributed by atoms with Crippen LogP contribution in [0.1, 0.15) is 49.3 Å². The Balaban J connectivity index is 1.18. The van der Waals surface area contributed by atoms with Crippen LogP contribution in [0.15, 0.2) is 42.5 Å². The molecule has 0 bridgehead atoms. The minimum atomic E-state index is -1.21. The minimum Gasteiger partial charge on any atom is -0.340 e. The molecule has 1 aromatic heterocycles. The number of amides is 4. The molecule has 2 saturated heterocycles. The molecule has 1 N–H and O–H groups in total. The molecule has 2 fully saturated rings. The standard InChI is InChI=1S/C26H28N6O3/c1-26(20-11-10-17-6-2-3-7-18(17)14-20)24(34)32(25(35)27-26)16-22(33)30-12-4-8-19(15-30)23-29-28-21-9-5-13-31(21)23/h2-3,6-7,10-11,14,19H,4-5,8-9,12-13,15-16H2,1H3,(H,27,35). The summed E-state index contributed by atoms with van der Waals surface area (Å²) in [6.45, 7) is 3.51. The molecular weight excluding hydrogens is 444 g/mol. The van der Waals surface area contributed by atoms with Gasteiger partial charge in [-0.3, -0.25) is 14.5 Å². The second kappa shape index (κ2) is 8.18. The highest BCUT2D eigenvalue weighted by Crippen LogP contribution is 2.32. The van der Waals surface area contributed by atoms with Crippen molar-refractivity contribution in [3.8, 4) is 0 Å². The molecule has 180 valence electrons. The highest BCUT2D eigenvalue weighted by atomic mass is 16.2. The van der Waals surface area contributed by atoms with Crippen molar-refractivity contribution >= 4 is 28.6 Å². The lowest BCUT2D eigenvalue weighted by Gasteiger charge is -2.33. The van der Waals surface area contributed by atoms with E-state index in [1.54, 1.807) is 11.8 Å². The molecule has 2 aromatic carbocycles. The van der Waals surface area contributed by atoms with Crippen LogP contribution in [0.2, 0.25) is 0 Å². The first-order chi connectivity index (χ1) is 16.9. The predicted octanol–water partition coefficient (Wildman–Crippen LogP) is 2.55. The molecule has 35 heavy (non-hydrogen) atoms. The quantitative estimate of drug-likeness (QED) is 0.588. The Bertz CT molecular complexity index is 1350. The Morgan fingerprint density at radius 1 is 1.09 bits per heavy atom. The van der Waals surface area contributed by atoms with Gasteiger partial charge < -0.3 is 14.8 Å². The second-order valence-corrected chi connectivity index (χ2v) is 9.92. The van der Waals surface area contributed by atoms with Crippen LogP contribution in [0.3, 0.4) is 0 Å². The summed E-state index contributed by atoms with van der Waals surface area (Å²) in [6, 6.07) is 13.1. The summed E-state index contributed by atoms with van der Waals surface area (Å²) in [5.41, 5.74) is -0.517. The minimum absolute atomic E-state index is 0.123. The van der Waals surface area contributed by atoms with Crippen molar-refractivity contribution in [3.63, 3.8) is 0 Å². The van der Waals surface area contributed by atoms with Crippen molar-refractivity contribution in [1.82, 2.24) is 29.9 Å². The number of likely N-dealkylation sites (tertiary alicyclic amines) is 1. The van der Waals surface area contributed by atoms with E-state index in [1.807, 2.05) is 42.5 Å². The van der Waals surface area contributed by atoms with Gasteiger partial charge in [0.05, 0.1) is 0 Å². The van der Waals surface area contributed by atoms with Gasteiger partial charge in [-0.1, -0.05) is 36.4 Å². The lowest BCUT2D eigenvalue weighted by atomic mass is 9.90. The van der Waals surface area contributed by atoms with Gasteiger partial charge >= 0.3 is 6.03 Å². The van der Waals surface area contributed by atoms with Gasteiger partial charge in [0.2, 0.25) is 5.91 Å². The number of rotatable bonds is 4. The number of aryl methyl sites for hydroxylation is 1. The number of carbonyl (C=O) groups is 3. The van der Waals surface area contributed by atoms with Gasteiger partial charge in [-0.15, -0.1) is 10.2 Å². The van der Waals surface area contributed by atoms with Crippen LogP contribution in [-0.4, -0.2) is 62.0 Å². The molecule has 3 aliphatic heterocycles. The summed E-state index contributed by atoms with van der Waals surface area (Å²) in [4.78, 5) is 42.3. The number of hydrogen-bond acceptors (Lipinski definition) is 5. The fourth-order valence-electron chi connectivity index (χ4n) is 5.66. The zero-order chi connectivity index (χ0) is 24.2. The zero-order valence-electron chi connectivity index (χ0n) is 19.7. The first kappa shape index (κ1) is 21.8. The Labute approximate surface area is 203 Å². The van der Waals surface area contributed by atoms with Crippen molar-refractivity contribution in [3.05, 3.63) is 59.7 Å². The van der Waals surface area contributed by atoms with Gasteiger partial charge in [0.25, 0.3) is 5.91 Å². The normalized spacial score (nSPS) is 24.2. The summed E-state index contributed by atoms with van der Waals surface area (Å²) in [6.07, 6.45) is 3.83. The third-order valence-electron chi connectivity index (χ3n) is 7.67. The number of carbonyl (C=O) groups excluding carboxylic acids is 3. The SMILES string of the molecule is CC1(c2ccc3ccccc3c2)NC(=O)N(CC(=O)N2CCCC(c3nnc4n3CCC4)C2)C1=O.